The molecule has 1 aliphatic rings. The molecular weight excluding hydrogens is 258 g/mol. The first-order chi connectivity index (χ1) is 9.69. The predicted octanol–water partition coefficient (Wildman–Crippen LogP) is 0.328. The van der Waals surface area contributed by atoms with Crippen LogP contribution in [0, 0.1) is 0 Å². The molecule has 0 saturated heterocycles. The fourth-order valence-corrected chi connectivity index (χ4v) is 2.08. The Kier molecular flexibility index (Phi) is 3.11. The monoisotopic (exact) mass is 273 g/mol. The summed E-state index contributed by atoms with van der Waals surface area (Å²) in [4.78, 5) is 17.6. The number of H-pyrrole nitrogens is 1. The number of nitrogens with two attached hydrogens (primary N) is 1. The van der Waals surface area contributed by atoms with Crippen molar-refractivity contribution < 1.29 is 9.53 Å². The van der Waals surface area contributed by atoms with E-state index in [1.165, 1.54) is 0 Å². The predicted molar refractivity (Wildman–Crippen MR) is 73.5 cm³/mol. The van der Waals surface area contributed by atoms with Crippen LogP contribution in [0.4, 0.5) is 5.69 Å². The molecular formula is C13H15N5O2. The van der Waals surface area contributed by atoms with Crippen LogP contribution in [0.15, 0.2) is 18.2 Å². The minimum atomic E-state index is -0.0755. The molecule has 0 bridgehead atoms. The van der Waals surface area contributed by atoms with Crippen molar-refractivity contribution in [3.8, 4) is 17.1 Å². The van der Waals surface area contributed by atoms with E-state index in [9.17, 15) is 4.79 Å². The summed E-state index contributed by atoms with van der Waals surface area (Å²) in [7, 11) is 1.73. The summed E-state index contributed by atoms with van der Waals surface area (Å²) in [6, 6.07) is 5.55. The van der Waals surface area contributed by atoms with Crippen LogP contribution in [-0.2, 0) is 11.2 Å². The van der Waals surface area contributed by atoms with Crippen molar-refractivity contribution in [1.82, 2.24) is 15.2 Å². The average Bonchev–Trinajstić information content (AvgIpc) is 2.92. The number of rotatable bonds is 3. The van der Waals surface area contributed by atoms with E-state index < -0.39 is 0 Å². The molecule has 0 radical (unpaired) electrons. The van der Waals surface area contributed by atoms with Gasteiger partial charge in [0.1, 0.15) is 11.6 Å². The number of hydrogen-bond acceptors (Lipinski definition) is 5. The number of aromatic nitrogens is 3. The van der Waals surface area contributed by atoms with Crippen LogP contribution in [0.5, 0.6) is 5.75 Å². The highest BCUT2D eigenvalue weighted by Gasteiger charge is 2.23. The van der Waals surface area contributed by atoms with E-state index in [-0.39, 0.29) is 12.5 Å². The van der Waals surface area contributed by atoms with Crippen molar-refractivity contribution in [2.75, 3.05) is 25.1 Å². The number of nitrogens with zero attached hydrogens (tertiary/aromatic N) is 3. The molecule has 0 unspecified atom stereocenters. The molecule has 0 aliphatic carbocycles. The zero-order valence-electron chi connectivity index (χ0n) is 11.1. The minimum Gasteiger partial charge on any atom is -0.482 e. The number of aromatic amines is 1. The second-order valence-electron chi connectivity index (χ2n) is 4.57. The number of carbonyl (C=O) groups is 1. The molecule has 1 aromatic heterocycles. The highest BCUT2D eigenvalue weighted by Crippen LogP contribution is 2.34. The van der Waals surface area contributed by atoms with Gasteiger partial charge in [-0.15, -0.1) is 0 Å². The van der Waals surface area contributed by atoms with Gasteiger partial charge in [0.25, 0.3) is 5.91 Å². The van der Waals surface area contributed by atoms with Crippen molar-refractivity contribution in [3.05, 3.63) is 24.0 Å². The normalized spacial score (nSPS) is 14.1. The van der Waals surface area contributed by atoms with Gasteiger partial charge in [-0.3, -0.25) is 9.89 Å². The van der Waals surface area contributed by atoms with Crippen molar-refractivity contribution in [3.63, 3.8) is 0 Å². The zero-order chi connectivity index (χ0) is 14.1. The molecule has 3 rings (SSSR count). The lowest BCUT2D eigenvalue weighted by molar-refractivity contribution is -0.120. The number of nitrogens with one attached hydrogen (secondary N) is 1. The summed E-state index contributed by atoms with van der Waals surface area (Å²) in [5, 5.41) is 7.01. The summed E-state index contributed by atoms with van der Waals surface area (Å²) in [5.74, 6) is 1.95. The number of likely N-dealkylation sites (N-methyl/N-ethyl adjacent to an activating group) is 1. The second kappa shape index (κ2) is 4.93. The third-order valence-electron chi connectivity index (χ3n) is 3.22. The average molecular weight is 273 g/mol. The van der Waals surface area contributed by atoms with E-state index in [2.05, 4.69) is 15.2 Å². The van der Waals surface area contributed by atoms with Crippen LogP contribution in [0.1, 0.15) is 5.82 Å². The van der Waals surface area contributed by atoms with Crippen molar-refractivity contribution in [2.24, 2.45) is 5.73 Å². The lowest BCUT2D eigenvalue weighted by atomic mass is 10.1. The molecule has 2 aromatic rings. The fourth-order valence-electron chi connectivity index (χ4n) is 2.08. The highest BCUT2D eigenvalue weighted by molar-refractivity contribution is 5.98. The van der Waals surface area contributed by atoms with Gasteiger partial charge in [0.15, 0.2) is 12.4 Å². The van der Waals surface area contributed by atoms with Crippen molar-refractivity contribution >= 4 is 11.6 Å². The second-order valence-corrected chi connectivity index (χ2v) is 4.57. The fraction of sp³-hybridized carbons (Fsp3) is 0.308. The molecule has 0 spiro atoms. The zero-order valence-corrected chi connectivity index (χ0v) is 11.1. The van der Waals surface area contributed by atoms with E-state index in [4.69, 9.17) is 10.5 Å². The van der Waals surface area contributed by atoms with Gasteiger partial charge >= 0.3 is 0 Å². The summed E-state index contributed by atoms with van der Waals surface area (Å²) >= 11 is 0. The van der Waals surface area contributed by atoms with E-state index >= 15 is 0 Å². The number of ether oxygens (including phenoxy) is 1. The summed E-state index contributed by atoms with van der Waals surface area (Å²) in [6.45, 7) is 0.591. The maximum Gasteiger partial charge on any atom is 0.264 e. The van der Waals surface area contributed by atoms with Gasteiger partial charge in [-0.2, -0.15) is 5.10 Å². The topological polar surface area (TPSA) is 97.1 Å². The Morgan fingerprint density at radius 3 is 3.15 bits per heavy atom. The quantitative estimate of drug-likeness (QED) is 0.839. The first-order valence-corrected chi connectivity index (χ1v) is 6.34. The first kappa shape index (κ1) is 12.6. The van der Waals surface area contributed by atoms with E-state index in [0.717, 1.165) is 17.1 Å². The maximum absolute atomic E-state index is 11.6. The van der Waals surface area contributed by atoms with Crippen LogP contribution in [-0.4, -0.2) is 41.3 Å². The highest BCUT2D eigenvalue weighted by atomic mass is 16.5. The van der Waals surface area contributed by atoms with Crippen LogP contribution >= 0.6 is 0 Å². The summed E-state index contributed by atoms with van der Waals surface area (Å²) < 4.78 is 5.38. The number of carbonyl (C=O) groups excluding carboxylic acids is 1. The number of hydrogen-bond donors (Lipinski definition) is 2. The van der Waals surface area contributed by atoms with Gasteiger partial charge in [0, 0.05) is 19.0 Å². The van der Waals surface area contributed by atoms with Gasteiger partial charge in [0.2, 0.25) is 0 Å². The SMILES string of the molecule is CN1C(=O)COc2ccc(-c3n[nH]c(CCN)n3)cc21. The molecule has 1 aliphatic heterocycles. The third kappa shape index (κ3) is 2.12. The largest absolute Gasteiger partial charge is 0.482 e. The number of fused-ring (bicyclic) bond motifs is 1. The Morgan fingerprint density at radius 1 is 1.50 bits per heavy atom. The molecule has 20 heavy (non-hydrogen) atoms. The van der Waals surface area contributed by atoms with Gasteiger partial charge < -0.3 is 15.4 Å². The van der Waals surface area contributed by atoms with Gasteiger partial charge in [-0.05, 0) is 24.7 Å². The minimum absolute atomic E-state index is 0.0736. The Bertz CT molecular complexity index is 652. The van der Waals surface area contributed by atoms with Gasteiger partial charge in [-0.1, -0.05) is 0 Å². The standard InChI is InChI=1S/C13H15N5O2/c1-18-9-6-8(2-3-10(9)20-7-12(18)19)13-15-11(4-5-14)16-17-13/h2-3,6H,4-5,7,14H2,1H3,(H,15,16,17). The van der Waals surface area contributed by atoms with E-state index in [0.29, 0.717) is 24.5 Å². The molecule has 1 amide bonds. The summed E-state index contributed by atoms with van der Waals surface area (Å²) in [6.07, 6.45) is 0.652. The Morgan fingerprint density at radius 2 is 2.35 bits per heavy atom. The molecule has 0 fully saturated rings. The molecule has 104 valence electrons. The molecule has 2 heterocycles. The Hall–Kier alpha value is -2.41. The van der Waals surface area contributed by atoms with Crippen LogP contribution < -0.4 is 15.4 Å². The smallest absolute Gasteiger partial charge is 0.264 e. The molecule has 0 atom stereocenters. The third-order valence-corrected chi connectivity index (χ3v) is 3.22. The van der Waals surface area contributed by atoms with E-state index in [1.807, 2.05) is 18.2 Å². The van der Waals surface area contributed by atoms with Gasteiger partial charge in [0.05, 0.1) is 5.69 Å². The Labute approximate surface area is 115 Å². The summed E-state index contributed by atoms with van der Waals surface area (Å²) in [5.41, 5.74) is 7.04. The number of benzene rings is 1. The number of anilines is 1. The van der Waals surface area contributed by atoms with E-state index in [1.54, 1.807) is 11.9 Å². The van der Waals surface area contributed by atoms with Crippen molar-refractivity contribution in [2.45, 2.75) is 6.42 Å². The lowest BCUT2D eigenvalue weighted by Gasteiger charge is -2.26. The van der Waals surface area contributed by atoms with Crippen molar-refractivity contribution in [1.29, 1.82) is 0 Å². The maximum atomic E-state index is 11.6. The first-order valence-electron chi connectivity index (χ1n) is 6.34. The Balaban J connectivity index is 1.96. The molecule has 0 saturated carbocycles. The van der Waals surface area contributed by atoms with Gasteiger partial charge in [-0.25, -0.2) is 4.98 Å². The molecule has 7 heteroatoms. The van der Waals surface area contributed by atoms with Crippen LogP contribution in [0.3, 0.4) is 0 Å². The molecule has 3 N–H and O–H groups in total. The molecule has 1 aromatic carbocycles. The van der Waals surface area contributed by atoms with Crippen LogP contribution in [0.2, 0.25) is 0 Å². The lowest BCUT2D eigenvalue weighted by Crippen LogP contribution is -2.35. The van der Waals surface area contributed by atoms with Crippen LogP contribution in [0.25, 0.3) is 11.4 Å². The number of amides is 1. The molecule has 7 nitrogen and oxygen atoms in total.